The molecule has 2 aromatic carbocycles. The summed E-state index contributed by atoms with van der Waals surface area (Å²) in [7, 11) is 0. The van der Waals surface area contributed by atoms with Crippen LogP contribution in [0.5, 0.6) is 0 Å². The Morgan fingerprint density at radius 2 is 1.32 bits per heavy atom. The van der Waals surface area contributed by atoms with Crippen LogP contribution >= 0.6 is 0 Å². The highest BCUT2D eigenvalue weighted by atomic mass is 16.2. The molecular formula is C20H25N3O2. The number of aryl methyl sites for hydroxylation is 1. The molecule has 0 aromatic heterocycles. The monoisotopic (exact) mass is 339 g/mol. The largest absolute Gasteiger partial charge is 0.397 e. The van der Waals surface area contributed by atoms with Crippen LogP contribution in [0.3, 0.4) is 0 Å². The van der Waals surface area contributed by atoms with E-state index < -0.39 is 0 Å². The number of carbonyl (C=O) groups is 2. The van der Waals surface area contributed by atoms with Crippen LogP contribution in [0.4, 0.5) is 17.1 Å². The minimum Gasteiger partial charge on any atom is -0.397 e. The van der Waals surface area contributed by atoms with Crippen molar-refractivity contribution in [3.63, 3.8) is 0 Å². The lowest BCUT2D eigenvalue weighted by Gasteiger charge is -2.08. The van der Waals surface area contributed by atoms with Gasteiger partial charge in [-0.3, -0.25) is 9.59 Å². The Labute approximate surface area is 148 Å². The van der Waals surface area contributed by atoms with Crippen molar-refractivity contribution in [3.8, 4) is 0 Å². The summed E-state index contributed by atoms with van der Waals surface area (Å²) in [5.41, 5.74) is 8.90. The fraction of sp³-hybridized carbons (Fsp3) is 0.300. The van der Waals surface area contributed by atoms with Gasteiger partial charge in [-0.05, 0) is 43.5 Å². The van der Waals surface area contributed by atoms with E-state index in [0.717, 1.165) is 30.5 Å². The van der Waals surface area contributed by atoms with Crippen LogP contribution < -0.4 is 16.4 Å². The van der Waals surface area contributed by atoms with Crippen LogP contribution in [-0.4, -0.2) is 11.8 Å². The van der Waals surface area contributed by atoms with Gasteiger partial charge in [0, 0.05) is 18.5 Å². The first-order valence-corrected chi connectivity index (χ1v) is 8.56. The van der Waals surface area contributed by atoms with Crippen LogP contribution in [0.2, 0.25) is 0 Å². The van der Waals surface area contributed by atoms with Crippen molar-refractivity contribution in [3.05, 3.63) is 54.1 Å². The topological polar surface area (TPSA) is 84.2 Å². The van der Waals surface area contributed by atoms with Gasteiger partial charge in [-0.15, -0.1) is 0 Å². The fourth-order valence-electron chi connectivity index (χ4n) is 2.50. The highest BCUT2D eigenvalue weighted by Gasteiger charge is 2.06. The first-order chi connectivity index (χ1) is 12.1. The van der Waals surface area contributed by atoms with Crippen molar-refractivity contribution < 1.29 is 9.59 Å². The summed E-state index contributed by atoms with van der Waals surface area (Å²) < 4.78 is 0. The number of rotatable bonds is 8. The van der Waals surface area contributed by atoms with Gasteiger partial charge in [0.1, 0.15) is 0 Å². The molecule has 0 unspecified atom stereocenters. The second kappa shape index (κ2) is 9.47. The molecule has 0 fully saturated rings. The summed E-state index contributed by atoms with van der Waals surface area (Å²) >= 11 is 0. The van der Waals surface area contributed by atoms with Crippen molar-refractivity contribution in [2.45, 2.75) is 39.0 Å². The second-order valence-electron chi connectivity index (χ2n) is 6.06. The SMILES string of the molecule is Cc1ccccc1NC(=O)CCCCCC(=O)Nc1ccccc1N. The van der Waals surface area contributed by atoms with Crippen LogP contribution in [0.25, 0.3) is 0 Å². The Morgan fingerprint density at radius 3 is 1.92 bits per heavy atom. The van der Waals surface area contributed by atoms with Gasteiger partial charge in [-0.25, -0.2) is 0 Å². The minimum atomic E-state index is -0.0535. The molecule has 2 amide bonds. The van der Waals surface area contributed by atoms with E-state index >= 15 is 0 Å². The summed E-state index contributed by atoms with van der Waals surface area (Å²) in [6.07, 6.45) is 3.23. The van der Waals surface area contributed by atoms with Crippen LogP contribution in [0.1, 0.15) is 37.7 Å². The lowest BCUT2D eigenvalue weighted by molar-refractivity contribution is -0.116. The van der Waals surface area contributed by atoms with Crippen molar-refractivity contribution in [1.82, 2.24) is 0 Å². The number of amides is 2. The normalized spacial score (nSPS) is 10.3. The molecule has 2 aromatic rings. The van der Waals surface area contributed by atoms with E-state index in [-0.39, 0.29) is 11.8 Å². The predicted molar refractivity (Wildman–Crippen MR) is 102 cm³/mol. The molecule has 0 aliphatic rings. The Kier molecular flexibility index (Phi) is 7.01. The quantitative estimate of drug-likeness (QED) is 0.500. The number of nitrogen functional groups attached to an aromatic ring is 1. The number of benzene rings is 2. The molecule has 5 heteroatoms. The molecule has 25 heavy (non-hydrogen) atoms. The van der Waals surface area contributed by atoms with Crippen molar-refractivity contribution in [1.29, 1.82) is 0 Å². The summed E-state index contributed by atoms with van der Waals surface area (Å²) in [6.45, 7) is 1.97. The number of nitrogens with one attached hydrogen (secondary N) is 2. The van der Waals surface area contributed by atoms with Gasteiger partial charge in [0.2, 0.25) is 11.8 Å². The molecule has 2 rings (SSSR count). The zero-order valence-corrected chi connectivity index (χ0v) is 14.5. The molecule has 0 bridgehead atoms. The molecule has 0 saturated carbocycles. The van der Waals surface area contributed by atoms with Gasteiger partial charge >= 0.3 is 0 Å². The summed E-state index contributed by atoms with van der Waals surface area (Å²) in [5.74, 6) is -0.0435. The van der Waals surface area contributed by atoms with E-state index in [9.17, 15) is 9.59 Å². The first-order valence-electron chi connectivity index (χ1n) is 8.56. The predicted octanol–water partition coefficient (Wildman–Crippen LogP) is 4.10. The fourth-order valence-corrected chi connectivity index (χ4v) is 2.50. The van der Waals surface area contributed by atoms with Crippen LogP contribution in [0, 0.1) is 6.92 Å². The average Bonchev–Trinajstić information content (AvgIpc) is 2.59. The second-order valence-corrected chi connectivity index (χ2v) is 6.06. The van der Waals surface area contributed by atoms with E-state index in [4.69, 9.17) is 5.73 Å². The zero-order chi connectivity index (χ0) is 18.1. The smallest absolute Gasteiger partial charge is 0.224 e. The van der Waals surface area contributed by atoms with E-state index in [1.54, 1.807) is 12.1 Å². The van der Waals surface area contributed by atoms with Crippen LogP contribution in [-0.2, 0) is 9.59 Å². The molecule has 4 N–H and O–H groups in total. The Morgan fingerprint density at radius 1 is 0.800 bits per heavy atom. The summed E-state index contributed by atoms with van der Waals surface area (Å²) in [4.78, 5) is 23.8. The van der Waals surface area contributed by atoms with Crippen LogP contribution in [0.15, 0.2) is 48.5 Å². The average molecular weight is 339 g/mol. The van der Waals surface area contributed by atoms with E-state index in [2.05, 4.69) is 10.6 Å². The molecule has 0 aliphatic heterocycles. The Balaban J connectivity index is 1.61. The molecule has 0 atom stereocenters. The lowest BCUT2D eigenvalue weighted by Crippen LogP contribution is -2.13. The zero-order valence-electron chi connectivity index (χ0n) is 14.5. The standard InChI is InChI=1S/C20H25N3O2/c1-15-9-5-7-11-17(15)22-19(24)13-3-2-4-14-20(25)23-18-12-8-6-10-16(18)21/h5-12H,2-4,13-14,21H2,1H3,(H,22,24)(H,23,25). The number of hydrogen-bond acceptors (Lipinski definition) is 3. The third-order valence-corrected chi connectivity index (χ3v) is 3.96. The van der Waals surface area contributed by atoms with Gasteiger partial charge in [0.05, 0.1) is 11.4 Å². The molecule has 0 aliphatic carbocycles. The first kappa shape index (κ1) is 18.5. The van der Waals surface area contributed by atoms with E-state index in [1.165, 1.54) is 0 Å². The maximum absolute atomic E-state index is 11.9. The van der Waals surface area contributed by atoms with Gasteiger partial charge < -0.3 is 16.4 Å². The molecule has 0 radical (unpaired) electrons. The minimum absolute atomic E-state index is 0.0100. The number of para-hydroxylation sites is 3. The van der Waals surface area contributed by atoms with Gasteiger partial charge in [-0.2, -0.15) is 0 Å². The van der Waals surface area contributed by atoms with Crippen molar-refractivity contribution >= 4 is 28.9 Å². The number of carbonyl (C=O) groups excluding carboxylic acids is 2. The number of nitrogens with two attached hydrogens (primary N) is 1. The number of anilines is 3. The molecule has 5 nitrogen and oxygen atoms in total. The van der Waals surface area contributed by atoms with E-state index in [0.29, 0.717) is 24.2 Å². The maximum atomic E-state index is 11.9. The van der Waals surface area contributed by atoms with Crippen molar-refractivity contribution in [2.75, 3.05) is 16.4 Å². The highest BCUT2D eigenvalue weighted by molar-refractivity contribution is 5.93. The van der Waals surface area contributed by atoms with Gasteiger partial charge in [0.25, 0.3) is 0 Å². The number of hydrogen-bond donors (Lipinski definition) is 3. The Hall–Kier alpha value is -2.82. The maximum Gasteiger partial charge on any atom is 0.224 e. The lowest BCUT2D eigenvalue weighted by atomic mass is 10.1. The molecular weight excluding hydrogens is 314 g/mol. The number of unbranched alkanes of at least 4 members (excludes halogenated alkanes) is 2. The third kappa shape index (κ3) is 6.30. The molecule has 0 saturated heterocycles. The summed E-state index contributed by atoms with van der Waals surface area (Å²) in [5, 5.41) is 5.72. The Bertz CT molecular complexity index is 667. The van der Waals surface area contributed by atoms with Gasteiger partial charge in [-0.1, -0.05) is 36.8 Å². The van der Waals surface area contributed by atoms with E-state index in [1.807, 2.05) is 43.3 Å². The highest BCUT2D eigenvalue weighted by Crippen LogP contribution is 2.17. The third-order valence-electron chi connectivity index (χ3n) is 3.96. The molecule has 0 spiro atoms. The van der Waals surface area contributed by atoms with Gasteiger partial charge in [0.15, 0.2) is 0 Å². The summed E-state index contributed by atoms with van der Waals surface area (Å²) in [6, 6.07) is 14.9. The molecule has 132 valence electrons. The molecule has 0 heterocycles. The van der Waals surface area contributed by atoms with Crippen molar-refractivity contribution in [2.24, 2.45) is 0 Å².